The zero-order valence-electron chi connectivity index (χ0n) is 23.1. The predicted octanol–water partition coefficient (Wildman–Crippen LogP) is 1.59. The zero-order chi connectivity index (χ0) is 29.4. The number of anilines is 3. The number of Topliss-reactive ketones (excluding diaryl/α,β-unsaturated/α-hetero) is 1. The van der Waals surface area contributed by atoms with Crippen molar-refractivity contribution in [1.82, 2.24) is 29.4 Å². The van der Waals surface area contributed by atoms with Crippen molar-refractivity contribution in [2.24, 2.45) is 11.8 Å². The van der Waals surface area contributed by atoms with Crippen LogP contribution in [0.3, 0.4) is 0 Å². The van der Waals surface area contributed by atoms with Crippen LogP contribution in [0.1, 0.15) is 30.4 Å². The van der Waals surface area contributed by atoms with E-state index in [1.165, 1.54) is 36.8 Å². The van der Waals surface area contributed by atoms with Crippen LogP contribution >= 0.6 is 0 Å². The molecule has 2 aliphatic rings. The van der Waals surface area contributed by atoms with Crippen molar-refractivity contribution < 1.29 is 23.6 Å². The van der Waals surface area contributed by atoms with Crippen LogP contribution in [0.4, 0.5) is 21.8 Å². The Kier molecular flexibility index (Phi) is 7.47. The maximum atomic E-state index is 13.5. The molecule has 13 nitrogen and oxygen atoms in total. The Morgan fingerprint density at radius 2 is 1.85 bits per heavy atom. The number of halogens is 1. The van der Waals surface area contributed by atoms with Crippen LogP contribution < -0.4 is 15.1 Å². The summed E-state index contributed by atoms with van der Waals surface area (Å²) in [5.41, 5.74) is 0.977. The summed E-state index contributed by atoms with van der Waals surface area (Å²) >= 11 is 0. The summed E-state index contributed by atoms with van der Waals surface area (Å²) in [6, 6.07) is 4.14. The number of rotatable bonds is 10. The van der Waals surface area contributed by atoms with Crippen molar-refractivity contribution in [1.29, 1.82) is 0 Å². The van der Waals surface area contributed by atoms with Crippen LogP contribution in [0.25, 0.3) is 11.4 Å². The Bertz CT molecular complexity index is 1480. The molecule has 3 aromatic heterocycles. The lowest BCUT2D eigenvalue weighted by molar-refractivity contribution is -0.119. The number of ketones is 1. The molecular weight excluding hydrogens is 533 g/mol. The highest BCUT2D eigenvalue weighted by atomic mass is 19.1. The van der Waals surface area contributed by atoms with Gasteiger partial charge in [0.05, 0.1) is 31.0 Å². The van der Waals surface area contributed by atoms with Crippen molar-refractivity contribution in [3.63, 3.8) is 0 Å². The second-order valence-electron chi connectivity index (χ2n) is 10.4. The van der Waals surface area contributed by atoms with Gasteiger partial charge in [0.25, 0.3) is 5.91 Å². The molecule has 0 aromatic carbocycles. The molecule has 214 valence electrons. The highest BCUT2D eigenvalue weighted by Gasteiger charge is 2.57. The first-order valence-corrected chi connectivity index (χ1v) is 13.1. The van der Waals surface area contributed by atoms with E-state index in [-0.39, 0.29) is 41.5 Å². The molecule has 1 N–H and O–H groups in total. The van der Waals surface area contributed by atoms with Crippen molar-refractivity contribution in [2.45, 2.75) is 26.1 Å². The SMILES string of the molecule is CC(=O)CN(C)C(=O)c1c(N(C)C=O)ncn1C(C)C(=O)Nc1cccc(-c2cnc(N3CC4C(F)C4C3)cn2)n1. The van der Waals surface area contributed by atoms with E-state index < -0.39 is 24.0 Å². The van der Waals surface area contributed by atoms with Gasteiger partial charge in [-0.15, -0.1) is 0 Å². The Balaban J connectivity index is 1.31. The molecule has 0 bridgehead atoms. The summed E-state index contributed by atoms with van der Waals surface area (Å²) < 4.78 is 14.9. The fraction of sp³-hybridized carbons (Fsp3) is 0.407. The average Bonchev–Trinajstić information content (AvgIpc) is 3.33. The summed E-state index contributed by atoms with van der Waals surface area (Å²) in [5.74, 6) is -0.105. The molecule has 3 aromatic rings. The topological polar surface area (TPSA) is 147 Å². The van der Waals surface area contributed by atoms with Gasteiger partial charge in [0.2, 0.25) is 12.3 Å². The maximum absolute atomic E-state index is 13.5. The number of imidazole rings is 1. The third kappa shape index (κ3) is 5.49. The lowest BCUT2D eigenvalue weighted by Crippen LogP contribution is -2.35. The quantitative estimate of drug-likeness (QED) is 0.363. The third-order valence-electron chi connectivity index (χ3n) is 7.39. The number of carbonyl (C=O) groups excluding carboxylic acids is 4. The van der Waals surface area contributed by atoms with E-state index in [9.17, 15) is 23.6 Å². The first-order valence-electron chi connectivity index (χ1n) is 13.1. The fourth-order valence-electron chi connectivity index (χ4n) is 5.01. The van der Waals surface area contributed by atoms with Gasteiger partial charge in [-0.3, -0.25) is 19.2 Å². The van der Waals surface area contributed by atoms with Crippen molar-refractivity contribution in [3.05, 3.63) is 42.6 Å². The summed E-state index contributed by atoms with van der Waals surface area (Å²) in [7, 11) is 2.89. The van der Waals surface area contributed by atoms with Gasteiger partial charge in [0.15, 0.2) is 11.5 Å². The summed E-state index contributed by atoms with van der Waals surface area (Å²) in [4.78, 5) is 71.4. The number of amides is 3. The number of piperidine rings is 1. The predicted molar refractivity (Wildman–Crippen MR) is 147 cm³/mol. The van der Waals surface area contributed by atoms with Crippen LogP contribution in [-0.2, 0) is 14.4 Å². The van der Waals surface area contributed by atoms with Crippen LogP contribution in [0.5, 0.6) is 0 Å². The first-order chi connectivity index (χ1) is 19.6. The highest BCUT2D eigenvalue weighted by Crippen LogP contribution is 2.48. The molecule has 3 atom stereocenters. The lowest BCUT2D eigenvalue weighted by atomic mass is 10.2. The monoisotopic (exact) mass is 563 g/mol. The van der Waals surface area contributed by atoms with E-state index in [0.29, 0.717) is 36.7 Å². The van der Waals surface area contributed by atoms with E-state index in [2.05, 4.69) is 25.3 Å². The number of pyridine rings is 1. The normalized spacial score (nSPS) is 19.7. The Labute approximate surface area is 235 Å². The summed E-state index contributed by atoms with van der Waals surface area (Å²) in [5, 5.41) is 2.75. The van der Waals surface area contributed by atoms with E-state index in [4.69, 9.17) is 0 Å². The van der Waals surface area contributed by atoms with Gasteiger partial charge < -0.3 is 24.6 Å². The molecule has 41 heavy (non-hydrogen) atoms. The number of carbonyl (C=O) groups is 4. The van der Waals surface area contributed by atoms with E-state index in [0.717, 1.165) is 4.90 Å². The van der Waals surface area contributed by atoms with Crippen molar-refractivity contribution in [2.75, 3.05) is 48.8 Å². The van der Waals surface area contributed by atoms with Gasteiger partial charge in [-0.25, -0.2) is 24.3 Å². The number of hydrogen-bond donors (Lipinski definition) is 1. The second-order valence-corrected chi connectivity index (χ2v) is 10.4. The molecule has 0 radical (unpaired) electrons. The molecule has 0 spiro atoms. The molecule has 3 amide bonds. The number of aromatic nitrogens is 5. The first kappa shape index (κ1) is 27.8. The van der Waals surface area contributed by atoms with Crippen LogP contribution in [0.2, 0.25) is 0 Å². The molecule has 14 heteroatoms. The molecule has 1 aliphatic carbocycles. The van der Waals surface area contributed by atoms with Gasteiger partial charge in [0.1, 0.15) is 35.3 Å². The van der Waals surface area contributed by atoms with Gasteiger partial charge in [-0.1, -0.05) is 6.07 Å². The minimum atomic E-state index is -0.930. The van der Waals surface area contributed by atoms with Crippen LogP contribution in [0, 0.1) is 11.8 Å². The van der Waals surface area contributed by atoms with Crippen LogP contribution in [-0.4, -0.2) is 93.3 Å². The number of fused-ring (bicyclic) bond motifs is 1. The molecule has 1 aliphatic heterocycles. The van der Waals surface area contributed by atoms with Gasteiger partial charge in [0, 0.05) is 39.0 Å². The number of nitrogens with one attached hydrogen (secondary N) is 1. The molecule has 2 fully saturated rings. The molecule has 1 saturated carbocycles. The molecule has 1 saturated heterocycles. The Hall–Kier alpha value is -4.75. The van der Waals surface area contributed by atoms with Gasteiger partial charge in [-0.05, 0) is 26.0 Å². The van der Waals surface area contributed by atoms with Crippen molar-refractivity contribution >= 4 is 41.5 Å². The Morgan fingerprint density at radius 3 is 2.49 bits per heavy atom. The van der Waals surface area contributed by atoms with E-state index in [1.807, 2.05) is 4.90 Å². The average molecular weight is 564 g/mol. The number of nitrogens with zero attached hydrogens (tertiary/aromatic N) is 8. The smallest absolute Gasteiger partial charge is 0.274 e. The maximum Gasteiger partial charge on any atom is 0.274 e. The summed E-state index contributed by atoms with van der Waals surface area (Å²) in [6.07, 6.45) is 4.33. The zero-order valence-corrected chi connectivity index (χ0v) is 23.1. The van der Waals surface area contributed by atoms with Crippen LogP contribution in [0.15, 0.2) is 36.9 Å². The lowest BCUT2D eigenvalue weighted by Gasteiger charge is -2.21. The molecule has 4 heterocycles. The van der Waals surface area contributed by atoms with E-state index in [1.54, 1.807) is 37.5 Å². The largest absolute Gasteiger partial charge is 0.355 e. The third-order valence-corrected chi connectivity index (χ3v) is 7.39. The number of alkyl halides is 1. The number of likely N-dealkylation sites (N-methyl/N-ethyl adjacent to an activating group) is 1. The van der Waals surface area contributed by atoms with E-state index >= 15 is 0 Å². The minimum absolute atomic E-state index is 0.0135. The molecule has 5 rings (SSSR count). The molecular formula is C27H30FN9O4. The minimum Gasteiger partial charge on any atom is -0.355 e. The van der Waals surface area contributed by atoms with Gasteiger partial charge in [-0.2, -0.15) is 0 Å². The van der Waals surface area contributed by atoms with Gasteiger partial charge >= 0.3 is 0 Å². The molecule has 3 unspecified atom stereocenters. The second kappa shape index (κ2) is 11.0. The standard InChI is InChI=1S/C27H30FN9O4/c1-15(39)10-34(3)27(41)24-25(35(4)14-38)31-13-37(24)16(2)26(40)33-21-7-5-6-19(32-21)20-8-30-22(9-29-20)36-11-17-18(12-36)23(17)28/h5-9,13-14,16-18,23H,10-12H2,1-4H3,(H,32,33,40). The summed E-state index contributed by atoms with van der Waals surface area (Å²) in [6.45, 7) is 4.07. The number of hydrogen-bond acceptors (Lipinski definition) is 9. The fourth-order valence-corrected chi connectivity index (χ4v) is 5.01. The highest BCUT2D eigenvalue weighted by molar-refractivity contribution is 6.02. The Morgan fingerprint density at radius 1 is 1.12 bits per heavy atom. The van der Waals surface area contributed by atoms with Crippen molar-refractivity contribution in [3.8, 4) is 11.4 Å².